The van der Waals surface area contributed by atoms with Gasteiger partial charge in [0.05, 0.1) is 5.02 Å². The number of benzene rings is 1. The summed E-state index contributed by atoms with van der Waals surface area (Å²) < 4.78 is 10.7. The number of nitrogens with zero attached hydrogens (tertiary/aromatic N) is 1. The van der Waals surface area contributed by atoms with Gasteiger partial charge in [0.1, 0.15) is 5.75 Å². The summed E-state index contributed by atoms with van der Waals surface area (Å²) in [6, 6.07) is 4.44. The van der Waals surface area contributed by atoms with Crippen LogP contribution < -0.4 is 10.1 Å². The molecule has 1 fully saturated rings. The van der Waals surface area contributed by atoms with Crippen LogP contribution in [-0.4, -0.2) is 49.1 Å². The largest absolute Gasteiger partial charge is 0.480 e. The first-order valence-electron chi connectivity index (χ1n) is 6.29. The number of esters is 1. The zero-order chi connectivity index (χ0) is 16.1. The fourth-order valence-corrected chi connectivity index (χ4v) is 2.43. The maximum Gasteiger partial charge on any atom is 0.344 e. The van der Waals surface area contributed by atoms with Crippen LogP contribution in [-0.2, 0) is 14.3 Å². The predicted octanol–water partition coefficient (Wildman–Crippen LogP) is 1.58. The number of imide groups is 1. The molecule has 1 aromatic rings. The van der Waals surface area contributed by atoms with E-state index in [4.69, 9.17) is 21.1 Å². The summed E-state index contributed by atoms with van der Waals surface area (Å²) in [5.74, 6) is -0.982. The van der Waals surface area contributed by atoms with Gasteiger partial charge < -0.3 is 14.8 Å². The second-order valence-electron chi connectivity index (χ2n) is 4.30. The van der Waals surface area contributed by atoms with Crippen LogP contribution in [0.3, 0.4) is 0 Å². The Morgan fingerprint density at radius 2 is 2.14 bits per heavy atom. The van der Waals surface area contributed by atoms with Gasteiger partial charge in [-0.05, 0) is 18.2 Å². The molecule has 1 aliphatic heterocycles. The summed E-state index contributed by atoms with van der Waals surface area (Å²) >= 11 is 9.18. The van der Waals surface area contributed by atoms with Crippen LogP contribution in [0.2, 0.25) is 5.02 Å². The van der Waals surface area contributed by atoms with Gasteiger partial charge in [-0.25, -0.2) is 9.59 Å². The Labute approximate surface area is 139 Å². The van der Waals surface area contributed by atoms with E-state index in [9.17, 15) is 14.4 Å². The lowest BCUT2D eigenvalue weighted by atomic mass is 10.3. The number of urea groups is 1. The normalized spacial score (nSPS) is 13.7. The Bertz CT molecular complexity index is 610. The Hall–Kier alpha value is -1.80. The molecule has 1 aromatic carbocycles. The van der Waals surface area contributed by atoms with Crippen molar-refractivity contribution in [2.24, 2.45) is 0 Å². The fourth-order valence-electron chi connectivity index (χ4n) is 1.70. The third-order valence-corrected chi connectivity index (χ3v) is 3.54. The van der Waals surface area contributed by atoms with Crippen molar-refractivity contribution in [1.82, 2.24) is 10.2 Å². The summed E-state index contributed by atoms with van der Waals surface area (Å²) in [4.78, 5) is 35.4. The SMILES string of the molecule is O=C(COc1ccc(Br)cc1Cl)OCC(=O)N1CCNC1=O. The van der Waals surface area contributed by atoms with Gasteiger partial charge in [0, 0.05) is 17.6 Å². The van der Waals surface area contributed by atoms with Crippen molar-refractivity contribution in [1.29, 1.82) is 0 Å². The maximum absolute atomic E-state index is 11.6. The zero-order valence-corrected chi connectivity index (χ0v) is 13.6. The van der Waals surface area contributed by atoms with Crippen molar-refractivity contribution in [2.45, 2.75) is 0 Å². The average molecular weight is 392 g/mol. The van der Waals surface area contributed by atoms with E-state index in [-0.39, 0.29) is 13.2 Å². The maximum atomic E-state index is 11.6. The van der Waals surface area contributed by atoms with E-state index in [0.29, 0.717) is 17.3 Å². The summed E-state index contributed by atoms with van der Waals surface area (Å²) in [7, 11) is 0. The number of hydrogen-bond donors (Lipinski definition) is 1. The number of amides is 3. The van der Waals surface area contributed by atoms with Gasteiger partial charge in [0.15, 0.2) is 13.2 Å². The number of nitrogens with one attached hydrogen (secondary N) is 1. The average Bonchev–Trinajstić information content (AvgIpc) is 2.90. The molecule has 9 heteroatoms. The summed E-state index contributed by atoms with van der Waals surface area (Å²) in [5.41, 5.74) is 0. The van der Waals surface area contributed by atoms with Crippen LogP contribution in [0.4, 0.5) is 4.79 Å². The molecule has 3 amide bonds. The van der Waals surface area contributed by atoms with Crippen LogP contribution in [0.15, 0.2) is 22.7 Å². The van der Waals surface area contributed by atoms with E-state index in [1.165, 1.54) is 0 Å². The van der Waals surface area contributed by atoms with Crippen LogP contribution in [0.25, 0.3) is 0 Å². The fraction of sp³-hybridized carbons (Fsp3) is 0.308. The lowest BCUT2D eigenvalue weighted by Gasteiger charge is -2.12. The van der Waals surface area contributed by atoms with E-state index < -0.39 is 24.5 Å². The molecule has 0 aromatic heterocycles. The topological polar surface area (TPSA) is 84.9 Å². The molecule has 7 nitrogen and oxygen atoms in total. The summed E-state index contributed by atoms with van der Waals surface area (Å²) in [6.45, 7) is -0.242. The quantitative estimate of drug-likeness (QED) is 0.770. The minimum absolute atomic E-state index is 0.264. The van der Waals surface area contributed by atoms with Crippen molar-refractivity contribution in [3.05, 3.63) is 27.7 Å². The number of hydrogen-bond acceptors (Lipinski definition) is 5. The molecular weight excluding hydrogens is 380 g/mol. The van der Waals surface area contributed by atoms with Crippen molar-refractivity contribution < 1.29 is 23.9 Å². The molecule has 22 heavy (non-hydrogen) atoms. The molecule has 0 atom stereocenters. The Morgan fingerprint density at radius 1 is 1.36 bits per heavy atom. The number of carbonyl (C=O) groups is 3. The van der Waals surface area contributed by atoms with E-state index in [2.05, 4.69) is 21.2 Å². The first-order valence-corrected chi connectivity index (χ1v) is 7.46. The Kier molecular flexibility index (Phi) is 5.62. The molecule has 0 aliphatic carbocycles. The summed E-state index contributed by atoms with van der Waals surface area (Å²) in [5, 5.41) is 2.82. The van der Waals surface area contributed by atoms with Gasteiger partial charge in [-0.3, -0.25) is 9.69 Å². The van der Waals surface area contributed by atoms with Gasteiger partial charge >= 0.3 is 12.0 Å². The standard InChI is InChI=1S/C13H12BrClN2O5/c14-8-1-2-10(9(15)5-8)21-7-12(19)22-6-11(18)17-4-3-16-13(17)20/h1-2,5H,3-4,6-7H2,(H,16,20). The Morgan fingerprint density at radius 3 is 2.77 bits per heavy atom. The first kappa shape index (κ1) is 16.6. The molecule has 0 unspecified atom stereocenters. The van der Waals surface area contributed by atoms with Crippen molar-refractivity contribution in [3.63, 3.8) is 0 Å². The number of rotatable bonds is 5. The molecule has 1 saturated heterocycles. The van der Waals surface area contributed by atoms with Crippen LogP contribution in [0.1, 0.15) is 0 Å². The van der Waals surface area contributed by atoms with E-state index >= 15 is 0 Å². The Balaban J connectivity index is 1.76. The molecule has 1 aliphatic rings. The van der Waals surface area contributed by atoms with E-state index in [0.717, 1.165) is 9.37 Å². The third-order valence-electron chi connectivity index (χ3n) is 2.75. The van der Waals surface area contributed by atoms with Crippen molar-refractivity contribution in [2.75, 3.05) is 26.3 Å². The summed E-state index contributed by atoms with van der Waals surface area (Å²) in [6.07, 6.45) is 0. The molecule has 0 bridgehead atoms. The lowest BCUT2D eigenvalue weighted by Crippen LogP contribution is -2.37. The minimum Gasteiger partial charge on any atom is -0.480 e. The first-order chi connectivity index (χ1) is 10.5. The molecule has 118 valence electrons. The second kappa shape index (κ2) is 7.46. The highest BCUT2D eigenvalue weighted by Gasteiger charge is 2.26. The van der Waals surface area contributed by atoms with Crippen LogP contribution in [0.5, 0.6) is 5.75 Å². The highest BCUT2D eigenvalue weighted by Crippen LogP contribution is 2.27. The third kappa shape index (κ3) is 4.35. The highest BCUT2D eigenvalue weighted by molar-refractivity contribution is 9.10. The van der Waals surface area contributed by atoms with E-state index in [1.54, 1.807) is 18.2 Å². The lowest BCUT2D eigenvalue weighted by molar-refractivity contribution is -0.152. The van der Waals surface area contributed by atoms with Gasteiger partial charge in [-0.15, -0.1) is 0 Å². The van der Waals surface area contributed by atoms with Crippen LogP contribution >= 0.6 is 27.5 Å². The number of ether oxygens (including phenoxy) is 2. The smallest absolute Gasteiger partial charge is 0.344 e. The molecule has 0 saturated carbocycles. The molecular formula is C13H12BrClN2O5. The van der Waals surface area contributed by atoms with Crippen LogP contribution in [0, 0.1) is 0 Å². The van der Waals surface area contributed by atoms with Crippen molar-refractivity contribution >= 4 is 45.4 Å². The van der Waals surface area contributed by atoms with Gasteiger partial charge in [0.25, 0.3) is 5.91 Å². The second-order valence-corrected chi connectivity index (χ2v) is 5.62. The van der Waals surface area contributed by atoms with Gasteiger partial charge in [0.2, 0.25) is 0 Å². The highest BCUT2D eigenvalue weighted by atomic mass is 79.9. The monoisotopic (exact) mass is 390 g/mol. The minimum atomic E-state index is -0.730. The number of carbonyl (C=O) groups excluding carboxylic acids is 3. The van der Waals surface area contributed by atoms with Gasteiger partial charge in [-0.1, -0.05) is 27.5 Å². The van der Waals surface area contributed by atoms with Crippen molar-refractivity contribution in [3.8, 4) is 5.75 Å². The number of halogens is 2. The molecule has 1 N–H and O–H groups in total. The molecule has 0 spiro atoms. The van der Waals surface area contributed by atoms with Gasteiger partial charge in [-0.2, -0.15) is 0 Å². The molecule has 2 rings (SSSR count). The van der Waals surface area contributed by atoms with E-state index in [1.807, 2.05) is 0 Å². The predicted molar refractivity (Wildman–Crippen MR) is 80.7 cm³/mol. The zero-order valence-electron chi connectivity index (χ0n) is 11.3. The molecule has 0 radical (unpaired) electrons. The molecule has 1 heterocycles.